The second-order valence-corrected chi connectivity index (χ2v) is 5.05. The summed E-state index contributed by atoms with van der Waals surface area (Å²) in [7, 11) is 0. The molecule has 0 aliphatic carbocycles. The summed E-state index contributed by atoms with van der Waals surface area (Å²) >= 11 is 0. The molecule has 1 aromatic heterocycles. The Morgan fingerprint density at radius 1 is 1.20 bits per heavy atom. The zero-order valence-electron chi connectivity index (χ0n) is 12.5. The van der Waals surface area contributed by atoms with Crippen molar-refractivity contribution in [1.82, 2.24) is 4.98 Å². The Bertz CT molecular complexity index is 558. The molecular formula is C17H23NO2. The van der Waals surface area contributed by atoms with E-state index in [9.17, 15) is 5.11 Å². The molecule has 0 saturated carbocycles. The van der Waals surface area contributed by atoms with Crippen molar-refractivity contribution in [3.63, 3.8) is 0 Å². The van der Waals surface area contributed by atoms with Crippen LogP contribution in [0.5, 0.6) is 0 Å². The minimum atomic E-state index is -0.636. The third kappa shape index (κ3) is 2.56. The standard InChI is InChI=1S/C17H23NO2/c1-4-17(5-2,20-6-3)16(19)15-9-7-8-13-12-18-11-10-14(13)15/h7-12,16,19H,4-6H2,1-3H3. The summed E-state index contributed by atoms with van der Waals surface area (Å²) in [5.74, 6) is 0. The fourth-order valence-electron chi connectivity index (χ4n) is 2.88. The topological polar surface area (TPSA) is 42.4 Å². The largest absolute Gasteiger partial charge is 0.385 e. The van der Waals surface area contributed by atoms with Crippen molar-refractivity contribution in [1.29, 1.82) is 0 Å². The molecule has 0 spiro atoms. The van der Waals surface area contributed by atoms with E-state index < -0.39 is 11.7 Å². The minimum Gasteiger partial charge on any atom is -0.385 e. The monoisotopic (exact) mass is 273 g/mol. The number of hydrogen-bond donors (Lipinski definition) is 1. The first-order valence-corrected chi connectivity index (χ1v) is 7.33. The highest BCUT2D eigenvalue weighted by Crippen LogP contribution is 2.37. The molecule has 1 N–H and O–H groups in total. The molecule has 1 unspecified atom stereocenters. The van der Waals surface area contributed by atoms with Gasteiger partial charge < -0.3 is 9.84 Å². The zero-order valence-corrected chi connectivity index (χ0v) is 12.5. The van der Waals surface area contributed by atoms with Gasteiger partial charge in [0, 0.05) is 24.4 Å². The first kappa shape index (κ1) is 14.9. The lowest BCUT2D eigenvalue weighted by Gasteiger charge is -2.37. The van der Waals surface area contributed by atoms with Crippen molar-refractivity contribution in [2.45, 2.75) is 45.3 Å². The van der Waals surface area contributed by atoms with E-state index in [-0.39, 0.29) is 0 Å². The number of rotatable bonds is 6. The van der Waals surface area contributed by atoms with E-state index in [4.69, 9.17) is 4.74 Å². The van der Waals surface area contributed by atoms with Gasteiger partial charge >= 0.3 is 0 Å². The molecule has 0 aliphatic heterocycles. The van der Waals surface area contributed by atoms with Crippen LogP contribution in [0.1, 0.15) is 45.3 Å². The van der Waals surface area contributed by atoms with E-state index in [0.717, 1.165) is 29.2 Å². The molecule has 0 radical (unpaired) electrons. The van der Waals surface area contributed by atoms with Gasteiger partial charge in [0.15, 0.2) is 0 Å². The smallest absolute Gasteiger partial charge is 0.108 e. The highest BCUT2D eigenvalue weighted by molar-refractivity contribution is 5.85. The summed E-state index contributed by atoms with van der Waals surface area (Å²) in [6, 6.07) is 7.91. The second kappa shape index (κ2) is 6.33. The lowest BCUT2D eigenvalue weighted by molar-refractivity contribution is -0.127. The van der Waals surface area contributed by atoms with Crippen molar-refractivity contribution >= 4 is 10.8 Å². The van der Waals surface area contributed by atoms with Gasteiger partial charge in [0.2, 0.25) is 0 Å². The van der Waals surface area contributed by atoms with Crippen LogP contribution >= 0.6 is 0 Å². The molecule has 3 heteroatoms. The molecular weight excluding hydrogens is 250 g/mol. The Morgan fingerprint density at radius 2 is 1.95 bits per heavy atom. The van der Waals surface area contributed by atoms with E-state index in [1.165, 1.54) is 0 Å². The average molecular weight is 273 g/mol. The average Bonchev–Trinajstić information content (AvgIpc) is 2.51. The number of ether oxygens (including phenoxy) is 1. The summed E-state index contributed by atoms with van der Waals surface area (Å²) in [5, 5.41) is 13.0. The molecule has 1 aromatic carbocycles. The number of hydrogen-bond acceptors (Lipinski definition) is 3. The SMILES string of the molecule is CCOC(CC)(CC)C(O)c1cccc2cnccc12. The fraction of sp³-hybridized carbons (Fsp3) is 0.471. The molecule has 20 heavy (non-hydrogen) atoms. The van der Waals surface area contributed by atoms with Crippen LogP contribution in [0.25, 0.3) is 10.8 Å². The fourth-order valence-corrected chi connectivity index (χ4v) is 2.88. The Morgan fingerprint density at radius 3 is 2.60 bits per heavy atom. The van der Waals surface area contributed by atoms with E-state index in [2.05, 4.69) is 18.8 Å². The van der Waals surface area contributed by atoms with Gasteiger partial charge in [-0.25, -0.2) is 0 Å². The van der Waals surface area contributed by atoms with Gasteiger partial charge in [-0.1, -0.05) is 32.0 Å². The van der Waals surface area contributed by atoms with Gasteiger partial charge in [-0.3, -0.25) is 4.98 Å². The second-order valence-electron chi connectivity index (χ2n) is 5.05. The molecule has 2 aromatic rings. The number of aliphatic hydroxyl groups excluding tert-OH is 1. The Kier molecular flexibility index (Phi) is 4.73. The van der Waals surface area contributed by atoms with Gasteiger partial charge in [-0.2, -0.15) is 0 Å². The molecule has 108 valence electrons. The third-order valence-corrected chi connectivity index (χ3v) is 4.14. The quantitative estimate of drug-likeness (QED) is 0.869. The number of aliphatic hydroxyl groups is 1. The maximum absolute atomic E-state index is 10.9. The van der Waals surface area contributed by atoms with Crippen LogP contribution in [-0.2, 0) is 4.74 Å². The highest BCUT2D eigenvalue weighted by Gasteiger charge is 2.37. The van der Waals surface area contributed by atoms with Crippen molar-refractivity contribution in [3.05, 3.63) is 42.2 Å². The van der Waals surface area contributed by atoms with E-state index in [1.807, 2.05) is 37.4 Å². The highest BCUT2D eigenvalue weighted by atomic mass is 16.5. The van der Waals surface area contributed by atoms with Crippen LogP contribution in [0.3, 0.4) is 0 Å². The summed E-state index contributed by atoms with van der Waals surface area (Å²) in [5.41, 5.74) is 0.397. The number of nitrogens with zero attached hydrogens (tertiary/aromatic N) is 1. The number of fused-ring (bicyclic) bond motifs is 1. The van der Waals surface area contributed by atoms with Gasteiger partial charge in [0.25, 0.3) is 0 Å². The summed E-state index contributed by atoms with van der Waals surface area (Å²) < 4.78 is 5.93. The summed E-state index contributed by atoms with van der Waals surface area (Å²) in [6.07, 6.45) is 4.51. The number of aromatic nitrogens is 1. The Balaban J connectivity index is 2.51. The summed E-state index contributed by atoms with van der Waals surface area (Å²) in [6.45, 7) is 6.70. The summed E-state index contributed by atoms with van der Waals surface area (Å²) in [4.78, 5) is 4.14. The van der Waals surface area contributed by atoms with Gasteiger partial charge in [0.05, 0.1) is 5.60 Å². The molecule has 0 amide bonds. The molecule has 0 bridgehead atoms. The first-order valence-electron chi connectivity index (χ1n) is 7.33. The van der Waals surface area contributed by atoms with Crippen molar-refractivity contribution in [2.75, 3.05) is 6.61 Å². The maximum atomic E-state index is 10.9. The van der Waals surface area contributed by atoms with Gasteiger partial charge in [-0.05, 0) is 36.8 Å². The van der Waals surface area contributed by atoms with Crippen molar-refractivity contribution < 1.29 is 9.84 Å². The van der Waals surface area contributed by atoms with E-state index in [1.54, 1.807) is 6.20 Å². The molecule has 3 nitrogen and oxygen atoms in total. The van der Waals surface area contributed by atoms with E-state index in [0.29, 0.717) is 6.61 Å². The molecule has 2 rings (SSSR count). The van der Waals surface area contributed by atoms with Crippen molar-refractivity contribution in [2.24, 2.45) is 0 Å². The lowest BCUT2D eigenvalue weighted by atomic mass is 9.84. The molecule has 0 saturated heterocycles. The van der Waals surface area contributed by atoms with Crippen LogP contribution in [0, 0.1) is 0 Å². The predicted octanol–water partition coefficient (Wildman–Crippen LogP) is 3.86. The van der Waals surface area contributed by atoms with Crippen LogP contribution in [0.15, 0.2) is 36.7 Å². The Labute approximate surface area is 120 Å². The van der Waals surface area contributed by atoms with Crippen LogP contribution in [0.2, 0.25) is 0 Å². The van der Waals surface area contributed by atoms with Crippen molar-refractivity contribution in [3.8, 4) is 0 Å². The van der Waals surface area contributed by atoms with Crippen LogP contribution in [0.4, 0.5) is 0 Å². The molecule has 1 atom stereocenters. The molecule has 1 heterocycles. The van der Waals surface area contributed by atoms with Gasteiger partial charge in [-0.15, -0.1) is 0 Å². The zero-order chi connectivity index (χ0) is 14.6. The normalized spacial score (nSPS) is 13.6. The van der Waals surface area contributed by atoms with Gasteiger partial charge in [0.1, 0.15) is 6.10 Å². The number of benzene rings is 1. The predicted molar refractivity (Wildman–Crippen MR) is 81.6 cm³/mol. The minimum absolute atomic E-state index is 0.522. The maximum Gasteiger partial charge on any atom is 0.108 e. The third-order valence-electron chi connectivity index (χ3n) is 4.14. The van der Waals surface area contributed by atoms with E-state index >= 15 is 0 Å². The Hall–Kier alpha value is -1.45. The lowest BCUT2D eigenvalue weighted by Crippen LogP contribution is -2.38. The van der Waals surface area contributed by atoms with Crippen LogP contribution in [-0.4, -0.2) is 22.3 Å². The molecule has 0 aliphatic rings. The molecule has 0 fully saturated rings. The number of pyridine rings is 1. The first-order chi connectivity index (χ1) is 9.68. The van der Waals surface area contributed by atoms with Crippen LogP contribution < -0.4 is 0 Å².